The lowest BCUT2D eigenvalue weighted by Gasteiger charge is -2.52. The number of rotatable bonds is 12. The second kappa shape index (κ2) is 17.0. The van der Waals surface area contributed by atoms with Gasteiger partial charge in [0.25, 0.3) is 0 Å². The number of ether oxygens (including phenoxy) is 4. The van der Waals surface area contributed by atoms with Crippen molar-refractivity contribution in [3.63, 3.8) is 0 Å². The molecule has 1 amide bonds. The molecule has 0 radical (unpaired) electrons. The Morgan fingerprint density at radius 2 is 1.41 bits per heavy atom. The molecule has 0 bridgehead atoms. The number of para-hydroxylation sites is 1. The highest BCUT2D eigenvalue weighted by Crippen LogP contribution is 2.55. The zero-order valence-electron chi connectivity index (χ0n) is 36.1. The number of hydrogen-bond acceptors (Lipinski definition) is 12. The van der Waals surface area contributed by atoms with E-state index in [0.29, 0.717) is 33.9 Å². The first-order valence-electron chi connectivity index (χ1n) is 20.9. The maximum atomic E-state index is 15.1. The van der Waals surface area contributed by atoms with Gasteiger partial charge in [0, 0.05) is 25.6 Å². The molecule has 63 heavy (non-hydrogen) atoms. The van der Waals surface area contributed by atoms with E-state index in [9.17, 15) is 20.1 Å². The third-order valence-electron chi connectivity index (χ3n) is 12.9. The smallest absolute Gasteiger partial charge is 0.230 e. The molecular weight excluding hydrogens is 808 g/mol. The van der Waals surface area contributed by atoms with E-state index in [4.69, 9.17) is 18.9 Å². The number of aromatic nitrogens is 4. The van der Waals surface area contributed by atoms with E-state index in [0.717, 1.165) is 0 Å². The summed E-state index contributed by atoms with van der Waals surface area (Å²) in [4.78, 5) is 28.5. The predicted molar refractivity (Wildman–Crippen MR) is 234 cm³/mol. The second-order valence-electron chi connectivity index (χ2n) is 17.2. The summed E-state index contributed by atoms with van der Waals surface area (Å²) in [6.45, 7) is 5.80. The van der Waals surface area contributed by atoms with Crippen molar-refractivity contribution in [2.45, 2.75) is 74.8 Å². The van der Waals surface area contributed by atoms with Gasteiger partial charge in [-0.25, -0.2) is 19.3 Å². The lowest BCUT2D eigenvalue weighted by Crippen LogP contribution is -2.68. The van der Waals surface area contributed by atoms with E-state index in [1.165, 1.54) is 30.4 Å². The van der Waals surface area contributed by atoms with Gasteiger partial charge in [-0.1, -0.05) is 87.5 Å². The van der Waals surface area contributed by atoms with Crippen molar-refractivity contribution < 1.29 is 43.5 Å². The Morgan fingerprint density at radius 1 is 0.841 bits per heavy atom. The molecule has 15 heteroatoms. The molecule has 4 N–H and O–H groups in total. The topological polar surface area (TPSA) is 174 Å². The van der Waals surface area contributed by atoms with Gasteiger partial charge in [0.05, 0.1) is 31.6 Å². The molecule has 2 aliphatic rings. The maximum absolute atomic E-state index is 15.1. The summed E-state index contributed by atoms with van der Waals surface area (Å²) in [7, 11) is 4.60. The zero-order valence-corrected chi connectivity index (χ0v) is 36.1. The van der Waals surface area contributed by atoms with Gasteiger partial charge in [0.15, 0.2) is 28.8 Å². The molecule has 2 saturated heterocycles. The van der Waals surface area contributed by atoms with Crippen molar-refractivity contribution in [3.05, 3.63) is 138 Å². The molecule has 2 fully saturated rings. The molecule has 1 unspecified atom stereocenters. The van der Waals surface area contributed by atoms with Crippen LogP contribution in [0.2, 0.25) is 0 Å². The van der Waals surface area contributed by atoms with E-state index in [1.54, 1.807) is 77.5 Å². The number of benzene rings is 4. The number of piperidine rings is 1. The van der Waals surface area contributed by atoms with E-state index >= 15 is 4.39 Å². The number of carbonyl (C=O) groups is 1. The molecular formula is C48H53FN6O8. The van der Waals surface area contributed by atoms with Crippen LogP contribution in [0, 0.1) is 11.2 Å². The van der Waals surface area contributed by atoms with Crippen molar-refractivity contribution in [3.8, 4) is 11.5 Å². The number of aliphatic hydroxyl groups is 3. The Bertz CT molecular complexity index is 2500. The lowest BCUT2D eigenvalue weighted by atomic mass is 9.62. The van der Waals surface area contributed by atoms with Crippen LogP contribution in [-0.2, 0) is 19.7 Å². The summed E-state index contributed by atoms with van der Waals surface area (Å²) in [5, 5.41) is 43.1. The van der Waals surface area contributed by atoms with Crippen molar-refractivity contribution in [2.24, 2.45) is 5.41 Å². The fourth-order valence-electron chi connectivity index (χ4n) is 9.41. The number of fused-ring (bicyclic) bond motifs is 1. The Labute approximate surface area is 365 Å². The summed E-state index contributed by atoms with van der Waals surface area (Å²) >= 11 is 0. The molecule has 0 saturated carbocycles. The van der Waals surface area contributed by atoms with Crippen molar-refractivity contribution >= 4 is 28.6 Å². The molecule has 2 aliphatic heterocycles. The summed E-state index contributed by atoms with van der Waals surface area (Å²) in [6.07, 6.45) is -3.59. The molecule has 4 aromatic carbocycles. The SMILES string of the molecule is COc1ccc(C(c2ccccc2)(c2ccc(OC)cc2)C(O)[C@H]2O[C@@H](n3cnc4c(NC(=O)C(C)(C)C)ncnc43)[C@@](O)(C3(OC)CCN(c4ccccc4F)CC3)[C@@H]2O)cc1. The standard InChI is InChI=1S/C48H53FN6O8/c1-45(2,3)43(58)53-41-37-42(51-28-50-41)55(29-52-37)44-48(59,46(62-6)24-26-54(27-25-46)36-15-11-10-14-35(36)49)40(57)38(63-44)39(56)47(30-12-8-7-9-13-30,31-16-20-33(60-4)21-17-31)32-18-22-34(61-5)23-19-32/h7-23,28-29,38-40,44,56-57,59H,24-27H2,1-6H3,(H,50,51,53,58)/t38-,39?,40-,44-,48-/m1/s1. The van der Waals surface area contributed by atoms with E-state index in [2.05, 4.69) is 20.3 Å². The zero-order chi connectivity index (χ0) is 44.7. The minimum atomic E-state index is -2.33. The first-order chi connectivity index (χ1) is 30.2. The molecule has 4 heterocycles. The number of amides is 1. The summed E-state index contributed by atoms with van der Waals surface area (Å²) in [5.41, 5.74) is -3.39. The van der Waals surface area contributed by atoms with Crippen LogP contribution < -0.4 is 19.7 Å². The molecule has 0 aliphatic carbocycles. The number of nitrogens with one attached hydrogen (secondary N) is 1. The van der Waals surface area contributed by atoms with Gasteiger partial charge in [-0.2, -0.15) is 0 Å². The third-order valence-corrected chi connectivity index (χ3v) is 12.9. The summed E-state index contributed by atoms with van der Waals surface area (Å²) < 4.78 is 41.1. The number of halogens is 1. The largest absolute Gasteiger partial charge is 0.497 e. The molecule has 5 atom stereocenters. The number of nitrogens with zero attached hydrogens (tertiary/aromatic N) is 5. The third kappa shape index (κ3) is 7.27. The molecule has 6 aromatic rings. The van der Waals surface area contributed by atoms with Crippen LogP contribution >= 0.6 is 0 Å². The van der Waals surface area contributed by atoms with Crippen LogP contribution in [0.5, 0.6) is 11.5 Å². The Hall–Kier alpha value is -5.97. The minimum Gasteiger partial charge on any atom is -0.497 e. The van der Waals surface area contributed by atoms with Gasteiger partial charge in [0.2, 0.25) is 5.91 Å². The number of anilines is 2. The van der Waals surface area contributed by atoms with Crippen molar-refractivity contribution in [1.82, 2.24) is 19.5 Å². The molecule has 330 valence electrons. The average Bonchev–Trinajstić information content (AvgIpc) is 3.86. The van der Waals surface area contributed by atoms with Crippen LogP contribution in [0.4, 0.5) is 15.9 Å². The highest BCUT2D eigenvalue weighted by molar-refractivity contribution is 5.99. The van der Waals surface area contributed by atoms with Gasteiger partial charge < -0.3 is 44.5 Å². The van der Waals surface area contributed by atoms with Crippen LogP contribution in [0.1, 0.15) is 56.5 Å². The van der Waals surface area contributed by atoms with E-state index in [-0.39, 0.29) is 54.6 Å². The van der Waals surface area contributed by atoms with Crippen LogP contribution in [0.25, 0.3) is 11.2 Å². The summed E-state index contributed by atoms with van der Waals surface area (Å²) in [6, 6.07) is 30.5. The highest BCUT2D eigenvalue weighted by Gasteiger charge is 2.70. The van der Waals surface area contributed by atoms with Crippen LogP contribution in [0.15, 0.2) is 116 Å². The van der Waals surface area contributed by atoms with Crippen molar-refractivity contribution in [1.29, 1.82) is 0 Å². The number of carbonyl (C=O) groups excluding carboxylic acids is 1. The Balaban J connectivity index is 1.31. The number of imidazole rings is 1. The number of methoxy groups -OCH3 is 3. The molecule has 2 aromatic heterocycles. The summed E-state index contributed by atoms with van der Waals surface area (Å²) in [5.74, 6) is 0.622. The quantitative estimate of drug-likeness (QED) is 0.105. The monoisotopic (exact) mass is 860 g/mol. The Morgan fingerprint density at radius 3 is 1.97 bits per heavy atom. The van der Waals surface area contributed by atoms with E-state index < -0.39 is 46.6 Å². The fourth-order valence-corrected chi connectivity index (χ4v) is 9.41. The molecule has 0 spiro atoms. The van der Waals surface area contributed by atoms with Crippen molar-refractivity contribution in [2.75, 3.05) is 44.6 Å². The van der Waals surface area contributed by atoms with Gasteiger partial charge in [-0.05, 0) is 65.9 Å². The van der Waals surface area contributed by atoms with Gasteiger partial charge >= 0.3 is 0 Å². The number of aliphatic hydroxyl groups excluding tert-OH is 2. The predicted octanol–water partition coefficient (Wildman–Crippen LogP) is 6.04. The average molecular weight is 861 g/mol. The van der Waals surface area contributed by atoms with Crippen LogP contribution in [0.3, 0.4) is 0 Å². The van der Waals surface area contributed by atoms with Gasteiger partial charge in [-0.15, -0.1) is 0 Å². The fraction of sp³-hybridized carbons (Fsp3) is 0.375. The normalized spacial score (nSPS) is 21.9. The minimum absolute atomic E-state index is 0.114. The first kappa shape index (κ1) is 43.7. The van der Waals surface area contributed by atoms with E-state index in [1.807, 2.05) is 59.5 Å². The van der Waals surface area contributed by atoms with Gasteiger partial charge in [-0.3, -0.25) is 9.36 Å². The molecule has 14 nitrogen and oxygen atoms in total. The van der Waals surface area contributed by atoms with Crippen LogP contribution in [-0.4, -0.2) is 105 Å². The second-order valence-corrected chi connectivity index (χ2v) is 17.2. The van der Waals surface area contributed by atoms with Gasteiger partial charge in [0.1, 0.15) is 47.6 Å². The highest BCUT2D eigenvalue weighted by atomic mass is 19.1. The molecule has 8 rings (SSSR count). The first-order valence-corrected chi connectivity index (χ1v) is 20.9. The lowest BCUT2D eigenvalue weighted by molar-refractivity contribution is -0.240. The Kier molecular flexibility index (Phi) is 11.8. The maximum Gasteiger partial charge on any atom is 0.230 e. The number of hydrogen-bond donors (Lipinski definition) is 4.